The molecular formula is C16H22FN3O3. The van der Waals surface area contributed by atoms with Crippen molar-refractivity contribution in [3.05, 3.63) is 24.0 Å². The van der Waals surface area contributed by atoms with Gasteiger partial charge < -0.3 is 20.3 Å². The topological polar surface area (TPSA) is 70.7 Å². The number of benzene rings is 1. The lowest BCUT2D eigenvalue weighted by atomic mass is 10.2. The predicted molar refractivity (Wildman–Crippen MR) is 86.1 cm³/mol. The van der Waals surface area contributed by atoms with E-state index in [1.807, 2.05) is 6.92 Å². The third-order valence-corrected chi connectivity index (χ3v) is 3.70. The van der Waals surface area contributed by atoms with Crippen molar-refractivity contribution in [1.82, 2.24) is 5.32 Å². The number of ether oxygens (including phenoxy) is 1. The molecule has 1 aliphatic rings. The minimum absolute atomic E-state index is 0.0463. The summed E-state index contributed by atoms with van der Waals surface area (Å²) in [4.78, 5) is 25.1. The Morgan fingerprint density at radius 1 is 1.48 bits per heavy atom. The van der Waals surface area contributed by atoms with Crippen molar-refractivity contribution in [2.45, 2.75) is 32.2 Å². The summed E-state index contributed by atoms with van der Waals surface area (Å²) in [6, 6.07) is 3.79. The van der Waals surface area contributed by atoms with Crippen LogP contribution in [0.4, 0.5) is 20.6 Å². The van der Waals surface area contributed by atoms with Crippen molar-refractivity contribution < 1.29 is 18.7 Å². The minimum Gasteiger partial charge on any atom is -0.385 e. The van der Waals surface area contributed by atoms with E-state index in [0.717, 1.165) is 0 Å². The molecule has 6 nitrogen and oxygen atoms in total. The molecule has 1 heterocycles. The van der Waals surface area contributed by atoms with Gasteiger partial charge in [0.15, 0.2) is 0 Å². The highest BCUT2D eigenvalue weighted by atomic mass is 19.1. The maximum absolute atomic E-state index is 13.9. The minimum atomic E-state index is -0.473. The van der Waals surface area contributed by atoms with Crippen LogP contribution in [0.2, 0.25) is 0 Å². The van der Waals surface area contributed by atoms with Crippen LogP contribution in [-0.4, -0.2) is 38.2 Å². The maximum atomic E-state index is 13.9. The van der Waals surface area contributed by atoms with Crippen LogP contribution in [0, 0.1) is 5.82 Å². The summed E-state index contributed by atoms with van der Waals surface area (Å²) in [5.41, 5.74) is 0.648. The molecule has 0 aromatic heterocycles. The van der Waals surface area contributed by atoms with Crippen molar-refractivity contribution in [1.29, 1.82) is 0 Å². The van der Waals surface area contributed by atoms with Gasteiger partial charge in [0.1, 0.15) is 5.82 Å². The molecule has 0 unspecified atom stereocenters. The molecule has 1 aromatic carbocycles. The fourth-order valence-corrected chi connectivity index (χ4v) is 2.46. The number of carbonyl (C=O) groups is 2. The zero-order valence-electron chi connectivity index (χ0n) is 13.4. The van der Waals surface area contributed by atoms with Gasteiger partial charge in [0.05, 0.1) is 5.69 Å². The van der Waals surface area contributed by atoms with Crippen LogP contribution in [0.15, 0.2) is 18.2 Å². The average Bonchev–Trinajstić information content (AvgIpc) is 2.93. The summed E-state index contributed by atoms with van der Waals surface area (Å²) < 4.78 is 18.9. The summed E-state index contributed by atoms with van der Waals surface area (Å²) in [7, 11) is 1.60. The molecule has 1 aromatic rings. The van der Waals surface area contributed by atoms with Crippen LogP contribution in [0.25, 0.3) is 0 Å². The van der Waals surface area contributed by atoms with Gasteiger partial charge in [0.2, 0.25) is 5.91 Å². The van der Waals surface area contributed by atoms with Crippen molar-refractivity contribution in [2.24, 2.45) is 0 Å². The number of rotatable bonds is 6. The van der Waals surface area contributed by atoms with Crippen molar-refractivity contribution in [3.63, 3.8) is 0 Å². The normalized spacial score (nSPS) is 15.6. The summed E-state index contributed by atoms with van der Waals surface area (Å²) in [6.45, 7) is 2.93. The number of nitrogens with one attached hydrogen (secondary N) is 2. The largest absolute Gasteiger partial charge is 0.385 e. The van der Waals surface area contributed by atoms with Gasteiger partial charge in [-0.3, -0.25) is 4.79 Å². The first-order chi connectivity index (χ1) is 11.0. The number of hydrogen-bond acceptors (Lipinski definition) is 3. The fourth-order valence-electron chi connectivity index (χ4n) is 2.46. The molecule has 1 aliphatic heterocycles. The number of methoxy groups -OCH3 is 1. The Balaban J connectivity index is 2.00. The maximum Gasteiger partial charge on any atom is 0.319 e. The van der Waals surface area contributed by atoms with Gasteiger partial charge in [0.25, 0.3) is 0 Å². The zero-order chi connectivity index (χ0) is 16.8. The van der Waals surface area contributed by atoms with Gasteiger partial charge in [-0.2, -0.15) is 0 Å². The molecule has 1 atom stereocenters. The molecule has 0 saturated carbocycles. The second kappa shape index (κ2) is 7.92. The first-order valence-electron chi connectivity index (χ1n) is 7.67. The van der Waals surface area contributed by atoms with E-state index in [-0.39, 0.29) is 23.7 Å². The number of hydrogen-bond donors (Lipinski definition) is 2. The summed E-state index contributed by atoms with van der Waals surface area (Å²) >= 11 is 0. The molecule has 0 aliphatic carbocycles. The van der Waals surface area contributed by atoms with E-state index in [0.29, 0.717) is 38.1 Å². The van der Waals surface area contributed by atoms with Gasteiger partial charge in [-0.15, -0.1) is 0 Å². The molecule has 0 bridgehead atoms. The van der Waals surface area contributed by atoms with Crippen LogP contribution in [0.3, 0.4) is 0 Å². The van der Waals surface area contributed by atoms with Crippen LogP contribution in [0.1, 0.15) is 26.2 Å². The summed E-state index contributed by atoms with van der Waals surface area (Å²) in [5, 5.41) is 5.43. The monoisotopic (exact) mass is 323 g/mol. The van der Waals surface area contributed by atoms with Crippen LogP contribution < -0.4 is 15.5 Å². The van der Waals surface area contributed by atoms with E-state index in [1.54, 1.807) is 7.11 Å². The molecule has 126 valence electrons. The average molecular weight is 323 g/mol. The Labute approximate surface area is 135 Å². The molecule has 1 saturated heterocycles. The Morgan fingerprint density at radius 2 is 2.26 bits per heavy atom. The molecule has 1 fully saturated rings. The number of anilines is 2. The Bertz CT molecular complexity index is 580. The van der Waals surface area contributed by atoms with Gasteiger partial charge in [-0.25, -0.2) is 9.18 Å². The Morgan fingerprint density at radius 3 is 2.91 bits per heavy atom. The highest BCUT2D eigenvalue weighted by Crippen LogP contribution is 2.27. The van der Waals surface area contributed by atoms with Crippen molar-refractivity contribution in [2.75, 3.05) is 30.5 Å². The smallest absolute Gasteiger partial charge is 0.319 e. The quantitative estimate of drug-likeness (QED) is 0.845. The molecular weight excluding hydrogens is 301 g/mol. The Hall–Kier alpha value is -2.15. The lowest BCUT2D eigenvalue weighted by molar-refractivity contribution is -0.117. The lowest BCUT2D eigenvalue weighted by Gasteiger charge is -2.18. The summed E-state index contributed by atoms with van der Waals surface area (Å²) in [5.74, 6) is -0.571. The highest BCUT2D eigenvalue weighted by molar-refractivity contribution is 5.97. The zero-order valence-corrected chi connectivity index (χ0v) is 13.4. The fraction of sp³-hybridized carbons (Fsp3) is 0.500. The van der Waals surface area contributed by atoms with E-state index < -0.39 is 5.82 Å². The second-order valence-corrected chi connectivity index (χ2v) is 5.60. The van der Waals surface area contributed by atoms with Crippen LogP contribution in [0.5, 0.6) is 0 Å². The van der Waals surface area contributed by atoms with E-state index in [1.165, 1.54) is 23.1 Å². The number of carbonyl (C=O) groups excluding carboxylic acids is 2. The number of halogens is 1. The van der Waals surface area contributed by atoms with Crippen molar-refractivity contribution in [3.8, 4) is 0 Å². The molecule has 0 radical (unpaired) electrons. The Kier molecular flexibility index (Phi) is 5.92. The van der Waals surface area contributed by atoms with Crippen LogP contribution in [-0.2, 0) is 9.53 Å². The molecule has 3 amide bonds. The molecule has 7 heteroatoms. The summed E-state index contributed by atoms with van der Waals surface area (Å²) in [6.07, 6.45) is 1.84. The number of urea groups is 1. The molecule has 0 spiro atoms. The van der Waals surface area contributed by atoms with Crippen LogP contribution >= 0.6 is 0 Å². The molecule has 2 N–H and O–H groups in total. The first kappa shape index (κ1) is 17.2. The standard InChI is InChI=1S/C16H22FN3O3/c1-11(7-9-23-2)18-16(22)19-12-5-6-13(17)14(10-12)20-8-3-4-15(20)21/h5-6,10-11H,3-4,7-9H2,1-2H3,(H2,18,19,22)/t11-/m0/s1. The SMILES string of the molecule is COCC[C@H](C)NC(=O)Nc1ccc(F)c(N2CCCC2=O)c1. The van der Waals surface area contributed by atoms with Gasteiger partial charge in [0, 0.05) is 38.4 Å². The van der Waals surface area contributed by atoms with E-state index in [4.69, 9.17) is 4.74 Å². The van der Waals surface area contributed by atoms with E-state index in [2.05, 4.69) is 10.6 Å². The number of nitrogens with zero attached hydrogens (tertiary/aromatic N) is 1. The van der Waals surface area contributed by atoms with Gasteiger partial charge in [-0.05, 0) is 38.0 Å². The van der Waals surface area contributed by atoms with Crippen molar-refractivity contribution >= 4 is 23.3 Å². The second-order valence-electron chi connectivity index (χ2n) is 5.60. The number of amides is 3. The van der Waals surface area contributed by atoms with E-state index in [9.17, 15) is 14.0 Å². The third-order valence-electron chi connectivity index (χ3n) is 3.70. The lowest BCUT2D eigenvalue weighted by Crippen LogP contribution is -2.36. The predicted octanol–water partition coefficient (Wildman–Crippen LogP) is 2.50. The third kappa shape index (κ3) is 4.66. The van der Waals surface area contributed by atoms with Gasteiger partial charge in [-0.1, -0.05) is 0 Å². The molecule has 23 heavy (non-hydrogen) atoms. The van der Waals surface area contributed by atoms with Gasteiger partial charge >= 0.3 is 6.03 Å². The highest BCUT2D eigenvalue weighted by Gasteiger charge is 2.24. The van der Waals surface area contributed by atoms with E-state index >= 15 is 0 Å². The molecule has 2 rings (SSSR count). The first-order valence-corrected chi connectivity index (χ1v) is 7.67.